The molecule has 0 saturated carbocycles. The Hall–Kier alpha value is -2.91. The van der Waals surface area contributed by atoms with Crippen molar-refractivity contribution in [3.8, 4) is 0 Å². The van der Waals surface area contributed by atoms with Crippen LogP contribution in [0, 0.1) is 13.8 Å². The number of aromatic carboxylic acids is 1. The number of para-hydroxylation sites is 1. The number of amides is 1. The van der Waals surface area contributed by atoms with Crippen LogP contribution in [0.1, 0.15) is 44.7 Å². The van der Waals surface area contributed by atoms with Crippen LogP contribution in [-0.4, -0.2) is 44.7 Å². The Labute approximate surface area is 175 Å². The number of sulfonamides is 1. The summed E-state index contributed by atoms with van der Waals surface area (Å²) < 4.78 is 34.0. The minimum absolute atomic E-state index is 0.0396. The Morgan fingerprint density at radius 1 is 1.20 bits per heavy atom. The molecular formula is C21H24N2O6S. The zero-order valence-corrected chi connectivity index (χ0v) is 17.6. The van der Waals surface area contributed by atoms with Crippen molar-refractivity contribution in [2.24, 2.45) is 0 Å². The number of rotatable bonds is 7. The Balaban J connectivity index is 1.87. The van der Waals surface area contributed by atoms with Gasteiger partial charge in [0.1, 0.15) is 0 Å². The van der Waals surface area contributed by atoms with Crippen molar-refractivity contribution >= 4 is 27.6 Å². The van der Waals surface area contributed by atoms with Crippen LogP contribution < -0.4 is 10.0 Å². The fourth-order valence-corrected chi connectivity index (χ4v) is 4.73. The number of aryl methyl sites for hydroxylation is 1. The molecule has 2 aromatic carbocycles. The van der Waals surface area contributed by atoms with Crippen LogP contribution in [-0.2, 0) is 14.8 Å². The Morgan fingerprint density at radius 2 is 1.93 bits per heavy atom. The summed E-state index contributed by atoms with van der Waals surface area (Å²) in [7, 11) is -4.13. The smallest absolute Gasteiger partial charge is 0.335 e. The molecule has 0 aromatic heterocycles. The monoisotopic (exact) mass is 432 g/mol. The fourth-order valence-electron chi connectivity index (χ4n) is 3.31. The summed E-state index contributed by atoms with van der Waals surface area (Å²) in [5.41, 5.74) is 1.13. The molecule has 30 heavy (non-hydrogen) atoms. The van der Waals surface area contributed by atoms with Crippen molar-refractivity contribution in [3.05, 3.63) is 58.7 Å². The maximum Gasteiger partial charge on any atom is 0.335 e. The van der Waals surface area contributed by atoms with Crippen molar-refractivity contribution in [1.29, 1.82) is 0 Å². The fraction of sp³-hybridized carbons (Fsp3) is 0.333. The predicted octanol–water partition coefficient (Wildman–Crippen LogP) is 2.71. The van der Waals surface area contributed by atoms with Gasteiger partial charge in [-0.2, -0.15) is 0 Å². The number of hydrogen-bond acceptors (Lipinski definition) is 5. The van der Waals surface area contributed by atoms with E-state index in [1.54, 1.807) is 26.0 Å². The van der Waals surface area contributed by atoms with Gasteiger partial charge in [0.25, 0.3) is 15.9 Å². The molecule has 1 fully saturated rings. The number of carbonyl (C=O) groups is 2. The van der Waals surface area contributed by atoms with E-state index in [2.05, 4.69) is 10.0 Å². The third kappa shape index (κ3) is 4.80. The second kappa shape index (κ2) is 8.85. The Bertz CT molecular complexity index is 1070. The average molecular weight is 432 g/mol. The van der Waals surface area contributed by atoms with E-state index in [1.807, 2.05) is 0 Å². The van der Waals surface area contributed by atoms with E-state index < -0.39 is 21.9 Å². The highest BCUT2D eigenvalue weighted by Crippen LogP contribution is 2.25. The first-order chi connectivity index (χ1) is 14.2. The highest BCUT2D eigenvalue weighted by Gasteiger charge is 2.24. The first-order valence-corrected chi connectivity index (χ1v) is 11.0. The van der Waals surface area contributed by atoms with Crippen LogP contribution >= 0.6 is 0 Å². The third-order valence-electron chi connectivity index (χ3n) is 5.09. The van der Waals surface area contributed by atoms with E-state index in [1.165, 1.54) is 18.2 Å². The third-order valence-corrected chi connectivity index (χ3v) is 6.58. The molecular weight excluding hydrogens is 408 g/mol. The quantitative estimate of drug-likeness (QED) is 0.618. The highest BCUT2D eigenvalue weighted by molar-refractivity contribution is 7.92. The van der Waals surface area contributed by atoms with E-state index >= 15 is 0 Å². The summed E-state index contributed by atoms with van der Waals surface area (Å²) >= 11 is 0. The van der Waals surface area contributed by atoms with Gasteiger partial charge in [-0.15, -0.1) is 0 Å². The minimum atomic E-state index is -4.13. The molecule has 0 radical (unpaired) electrons. The summed E-state index contributed by atoms with van der Waals surface area (Å²) in [6, 6.07) is 8.80. The first-order valence-electron chi connectivity index (χ1n) is 9.55. The van der Waals surface area contributed by atoms with Gasteiger partial charge in [0.15, 0.2) is 0 Å². The number of carbonyl (C=O) groups excluding carboxylic acids is 1. The van der Waals surface area contributed by atoms with Gasteiger partial charge in [0.2, 0.25) is 0 Å². The van der Waals surface area contributed by atoms with Gasteiger partial charge in [0, 0.05) is 13.2 Å². The summed E-state index contributed by atoms with van der Waals surface area (Å²) in [5, 5.41) is 12.0. The summed E-state index contributed by atoms with van der Waals surface area (Å²) in [6.45, 7) is 4.27. The molecule has 0 unspecified atom stereocenters. The van der Waals surface area contributed by atoms with E-state index in [-0.39, 0.29) is 27.8 Å². The second-order valence-corrected chi connectivity index (χ2v) is 8.87. The summed E-state index contributed by atoms with van der Waals surface area (Å²) in [5.74, 6) is -1.64. The number of benzene rings is 2. The first kappa shape index (κ1) is 21.8. The normalized spacial score (nSPS) is 16.3. The number of anilines is 1. The van der Waals surface area contributed by atoms with Crippen LogP contribution in [0.15, 0.2) is 41.3 Å². The Morgan fingerprint density at radius 3 is 2.60 bits per heavy atom. The molecule has 8 nitrogen and oxygen atoms in total. The van der Waals surface area contributed by atoms with Gasteiger partial charge in [-0.1, -0.05) is 12.1 Å². The van der Waals surface area contributed by atoms with Crippen LogP contribution in [0.2, 0.25) is 0 Å². The predicted molar refractivity (Wildman–Crippen MR) is 111 cm³/mol. The van der Waals surface area contributed by atoms with Gasteiger partial charge < -0.3 is 15.2 Å². The topological polar surface area (TPSA) is 122 Å². The lowest BCUT2D eigenvalue weighted by Gasteiger charge is -2.16. The van der Waals surface area contributed by atoms with E-state index in [0.29, 0.717) is 24.3 Å². The summed E-state index contributed by atoms with van der Waals surface area (Å²) in [6.07, 6.45) is 1.78. The van der Waals surface area contributed by atoms with Gasteiger partial charge in [-0.25, -0.2) is 13.2 Å². The average Bonchev–Trinajstić information content (AvgIpc) is 3.21. The van der Waals surface area contributed by atoms with Crippen LogP contribution in [0.3, 0.4) is 0 Å². The van der Waals surface area contributed by atoms with Crippen LogP contribution in [0.5, 0.6) is 0 Å². The lowest BCUT2D eigenvalue weighted by atomic mass is 10.1. The van der Waals surface area contributed by atoms with E-state index in [4.69, 9.17) is 4.74 Å². The van der Waals surface area contributed by atoms with Crippen molar-refractivity contribution in [1.82, 2.24) is 5.32 Å². The number of ether oxygens (including phenoxy) is 1. The molecule has 1 aliphatic rings. The van der Waals surface area contributed by atoms with Crippen LogP contribution in [0.4, 0.5) is 5.69 Å². The maximum atomic E-state index is 13.0. The van der Waals surface area contributed by atoms with Gasteiger partial charge in [-0.05, 0) is 62.1 Å². The molecule has 2 aromatic rings. The number of carboxylic acid groups (broad SMARTS) is 1. The van der Waals surface area contributed by atoms with Crippen LogP contribution in [0.25, 0.3) is 0 Å². The molecule has 1 heterocycles. The molecule has 1 aliphatic heterocycles. The van der Waals surface area contributed by atoms with Crippen molar-refractivity contribution < 1.29 is 27.9 Å². The Kier molecular flexibility index (Phi) is 6.42. The zero-order valence-electron chi connectivity index (χ0n) is 16.8. The van der Waals surface area contributed by atoms with E-state index in [0.717, 1.165) is 18.9 Å². The number of nitrogens with one attached hydrogen (secondary N) is 2. The second-order valence-electron chi connectivity index (χ2n) is 7.22. The SMILES string of the molecule is Cc1cc(C(=O)O)cc(S(=O)(=O)Nc2ccccc2C(=O)NC[C@@H]2CCCO2)c1C. The highest BCUT2D eigenvalue weighted by atomic mass is 32.2. The molecule has 160 valence electrons. The maximum absolute atomic E-state index is 13.0. The van der Waals surface area contributed by atoms with E-state index in [9.17, 15) is 23.1 Å². The molecule has 1 amide bonds. The lowest BCUT2D eigenvalue weighted by molar-refractivity contribution is 0.0696. The van der Waals surface area contributed by atoms with Crippen molar-refractivity contribution in [2.75, 3.05) is 17.9 Å². The molecule has 0 aliphatic carbocycles. The largest absolute Gasteiger partial charge is 0.478 e. The minimum Gasteiger partial charge on any atom is -0.478 e. The van der Waals surface area contributed by atoms with Crippen molar-refractivity contribution in [3.63, 3.8) is 0 Å². The number of carboxylic acids is 1. The molecule has 1 saturated heterocycles. The van der Waals surface area contributed by atoms with Gasteiger partial charge >= 0.3 is 5.97 Å². The molecule has 3 rings (SSSR count). The molecule has 0 bridgehead atoms. The molecule has 3 N–H and O–H groups in total. The molecule has 0 spiro atoms. The van der Waals surface area contributed by atoms with Gasteiger partial charge in [-0.3, -0.25) is 9.52 Å². The lowest BCUT2D eigenvalue weighted by Crippen LogP contribution is -2.32. The zero-order chi connectivity index (χ0) is 21.9. The van der Waals surface area contributed by atoms with Crippen molar-refractivity contribution in [2.45, 2.75) is 37.7 Å². The molecule has 9 heteroatoms. The number of hydrogen-bond donors (Lipinski definition) is 3. The summed E-state index contributed by atoms with van der Waals surface area (Å²) in [4.78, 5) is 23.8. The molecule has 1 atom stereocenters. The van der Waals surface area contributed by atoms with Gasteiger partial charge in [0.05, 0.1) is 27.8 Å². The standard InChI is InChI=1S/C21H24N2O6S/c1-13-10-15(21(25)26)11-19(14(13)2)30(27,28)23-18-8-4-3-7-17(18)20(24)22-12-16-6-5-9-29-16/h3-4,7-8,10-11,16,23H,5-6,9,12H2,1-2H3,(H,22,24)(H,25,26)/t16-/m0/s1.